The third-order valence-corrected chi connectivity index (χ3v) is 4.35. The van der Waals surface area contributed by atoms with E-state index in [0.29, 0.717) is 11.3 Å². The van der Waals surface area contributed by atoms with Gasteiger partial charge in [0.1, 0.15) is 0 Å². The molecular formula is C7H13NOS. The minimum atomic E-state index is -0.508. The van der Waals surface area contributed by atoms with E-state index in [4.69, 9.17) is 0 Å². The SMILES string of the molecule is O=S1CCNC2CCCC21. The van der Waals surface area contributed by atoms with E-state index >= 15 is 0 Å². The Bertz CT molecular complexity index is 160. The van der Waals surface area contributed by atoms with Crippen LogP contribution in [0.1, 0.15) is 19.3 Å². The van der Waals surface area contributed by atoms with Crippen molar-refractivity contribution < 1.29 is 4.21 Å². The molecule has 10 heavy (non-hydrogen) atoms. The van der Waals surface area contributed by atoms with E-state index in [2.05, 4.69) is 5.32 Å². The lowest BCUT2D eigenvalue weighted by Crippen LogP contribution is -2.46. The van der Waals surface area contributed by atoms with Gasteiger partial charge in [-0.1, -0.05) is 6.42 Å². The van der Waals surface area contributed by atoms with Crippen molar-refractivity contribution in [2.75, 3.05) is 12.3 Å². The zero-order valence-corrected chi connectivity index (χ0v) is 6.82. The molecule has 2 aliphatic rings. The van der Waals surface area contributed by atoms with Crippen molar-refractivity contribution in [3.05, 3.63) is 0 Å². The molecule has 1 aliphatic heterocycles. The fourth-order valence-electron chi connectivity index (χ4n) is 1.97. The minimum Gasteiger partial charge on any atom is -0.312 e. The third-order valence-electron chi connectivity index (χ3n) is 2.50. The second-order valence-corrected chi connectivity index (χ2v) is 4.89. The molecule has 3 heteroatoms. The molecule has 0 aromatic carbocycles. The first kappa shape index (κ1) is 6.80. The quantitative estimate of drug-likeness (QED) is 0.549. The first-order valence-electron chi connectivity index (χ1n) is 3.98. The molecule has 0 amide bonds. The second kappa shape index (κ2) is 2.62. The maximum absolute atomic E-state index is 11.3. The largest absolute Gasteiger partial charge is 0.312 e. The van der Waals surface area contributed by atoms with Gasteiger partial charge in [-0.3, -0.25) is 4.21 Å². The van der Waals surface area contributed by atoms with Gasteiger partial charge in [0.05, 0.1) is 5.25 Å². The first-order chi connectivity index (χ1) is 4.88. The maximum Gasteiger partial charge on any atom is 0.0501 e. The fraction of sp³-hybridized carbons (Fsp3) is 1.00. The molecule has 0 aromatic heterocycles. The lowest BCUT2D eigenvalue weighted by Gasteiger charge is -2.25. The summed E-state index contributed by atoms with van der Waals surface area (Å²) in [6.07, 6.45) is 3.70. The van der Waals surface area contributed by atoms with Crippen molar-refractivity contribution in [3.8, 4) is 0 Å². The molecule has 3 unspecified atom stereocenters. The second-order valence-electron chi connectivity index (χ2n) is 3.11. The molecule has 2 rings (SSSR count). The fourth-order valence-corrected chi connectivity index (χ4v) is 3.62. The molecule has 2 fully saturated rings. The van der Waals surface area contributed by atoms with Crippen molar-refractivity contribution in [2.24, 2.45) is 0 Å². The van der Waals surface area contributed by atoms with Gasteiger partial charge in [0.15, 0.2) is 0 Å². The van der Waals surface area contributed by atoms with Crippen molar-refractivity contribution in [2.45, 2.75) is 30.6 Å². The highest BCUT2D eigenvalue weighted by Gasteiger charge is 2.33. The van der Waals surface area contributed by atoms with Crippen LogP contribution in [0.15, 0.2) is 0 Å². The summed E-state index contributed by atoms with van der Waals surface area (Å²) >= 11 is 0. The molecule has 2 nitrogen and oxygen atoms in total. The van der Waals surface area contributed by atoms with E-state index in [1.54, 1.807) is 0 Å². The molecule has 3 atom stereocenters. The number of hydrogen-bond donors (Lipinski definition) is 1. The summed E-state index contributed by atoms with van der Waals surface area (Å²) in [6, 6.07) is 0.592. The number of rotatable bonds is 0. The average Bonchev–Trinajstić information content (AvgIpc) is 2.36. The third kappa shape index (κ3) is 1.01. The molecule has 1 heterocycles. The molecule has 1 aliphatic carbocycles. The Morgan fingerprint density at radius 1 is 1.40 bits per heavy atom. The Morgan fingerprint density at radius 2 is 2.30 bits per heavy atom. The normalized spacial score (nSPS) is 47.0. The Morgan fingerprint density at radius 3 is 3.10 bits per heavy atom. The highest BCUT2D eigenvalue weighted by Crippen LogP contribution is 2.25. The molecular weight excluding hydrogens is 146 g/mol. The van der Waals surface area contributed by atoms with Crippen LogP contribution in [0.3, 0.4) is 0 Å². The number of fused-ring (bicyclic) bond motifs is 1. The van der Waals surface area contributed by atoms with Crippen LogP contribution in [-0.4, -0.2) is 27.8 Å². The number of nitrogens with one attached hydrogen (secondary N) is 1. The summed E-state index contributed by atoms with van der Waals surface area (Å²) in [5, 5.41) is 3.91. The molecule has 58 valence electrons. The zero-order valence-electron chi connectivity index (χ0n) is 6.01. The predicted molar refractivity (Wildman–Crippen MR) is 42.4 cm³/mol. The molecule has 0 bridgehead atoms. The van der Waals surface area contributed by atoms with E-state index in [1.807, 2.05) is 0 Å². The molecule has 0 spiro atoms. The Balaban J connectivity index is 2.10. The first-order valence-corrected chi connectivity index (χ1v) is 5.37. The van der Waals surface area contributed by atoms with E-state index in [0.717, 1.165) is 12.3 Å². The molecule has 0 radical (unpaired) electrons. The van der Waals surface area contributed by atoms with E-state index in [1.165, 1.54) is 19.3 Å². The van der Waals surface area contributed by atoms with E-state index < -0.39 is 10.8 Å². The summed E-state index contributed by atoms with van der Waals surface area (Å²) in [5.41, 5.74) is 0. The van der Waals surface area contributed by atoms with Gasteiger partial charge in [0.25, 0.3) is 0 Å². The minimum absolute atomic E-state index is 0.494. The van der Waals surface area contributed by atoms with Gasteiger partial charge >= 0.3 is 0 Å². The standard InChI is InChI=1S/C7H13NOS/c9-10-5-4-8-6-2-1-3-7(6)10/h6-8H,1-5H2. The van der Waals surface area contributed by atoms with Crippen LogP contribution in [0.4, 0.5) is 0 Å². The maximum atomic E-state index is 11.3. The molecule has 1 saturated heterocycles. The number of hydrogen-bond acceptors (Lipinski definition) is 2. The Hall–Kier alpha value is 0.110. The van der Waals surface area contributed by atoms with Gasteiger partial charge in [0, 0.05) is 29.1 Å². The van der Waals surface area contributed by atoms with Crippen LogP contribution in [0.25, 0.3) is 0 Å². The van der Waals surface area contributed by atoms with Gasteiger partial charge < -0.3 is 5.32 Å². The van der Waals surface area contributed by atoms with Crippen LogP contribution in [-0.2, 0) is 10.8 Å². The topological polar surface area (TPSA) is 29.1 Å². The Kier molecular flexibility index (Phi) is 1.78. The van der Waals surface area contributed by atoms with Crippen LogP contribution < -0.4 is 5.32 Å². The van der Waals surface area contributed by atoms with E-state index in [9.17, 15) is 4.21 Å². The molecule has 1 N–H and O–H groups in total. The van der Waals surface area contributed by atoms with Crippen molar-refractivity contribution in [1.29, 1.82) is 0 Å². The summed E-state index contributed by atoms with van der Waals surface area (Å²) in [4.78, 5) is 0. The summed E-state index contributed by atoms with van der Waals surface area (Å²) in [6.45, 7) is 0.966. The average molecular weight is 159 g/mol. The summed E-state index contributed by atoms with van der Waals surface area (Å²) in [7, 11) is -0.508. The lowest BCUT2D eigenvalue weighted by molar-refractivity contribution is 0.521. The van der Waals surface area contributed by atoms with Crippen LogP contribution in [0.5, 0.6) is 0 Å². The monoisotopic (exact) mass is 159 g/mol. The van der Waals surface area contributed by atoms with Gasteiger partial charge in [-0.15, -0.1) is 0 Å². The smallest absolute Gasteiger partial charge is 0.0501 e. The van der Waals surface area contributed by atoms with Crippen molar-refractivity contribution >= 4 is 10.8 Å². The zero-order chi connectivity index (χ0) is 6.97. The van der Waals surface area contributed by atoms with Crippen LogP contribution in [0, 0.1) is 0 Å². The highest BCUT2D eigenvalue weighted by atomic mass is 32.2. The van der Waals surface area contributed by atoms with Crippen LogP contribution in [0.2, 0.25) is 0 Å². The van der Waals surface area contributed by atoms with E-state index in [-0.39, 0.29) is 0 Å². The summed E-state index contributed by atoms with van der Waals surface area (Å²) in [5.74, 6) is 0.876. The van der Waals surface area contributed by atoms with Gasteiger partial charge in [-0.05, 0) is 12.8 Å². The molecule has 1 saturated carbocycles. The lowest BCUT2D eigenvalue weighted by atomic mass is 10.2. The van der Waals surface area contributed by atoms with Crippen molar-refractivity contribution in [3.63, 3.8) is 0 Å². The highest BCUT2D eigenvalue weighted by molar-refractivity contribution is 7.85. The van der Waals surface area contributed by atoms with Crippen LogP contribution >= 0.6 is 0 Å². The summed E-state index contributed by atoms with van der Waals surface area (Å²) < 4.78 is 11.3. The molecule has 0 aromatic rings. The van der Waals surface area contributed by atoms with Crippen molar-refractivity contribution in [1.82, 2.24) is 5.32 Å². The van der Waals surface area contributed by atoms with Gasteiger partial charge in [-0.25, -0.2) is 0 Å². The van der Waals surface area contributed by atoms with Gasteiger partial charge in [-0.2, -0.15) is 0 Å². The predicted octanol–water partition coefficient (Wildman–Crippen LogP) is 0.259. The Labute approximate surface area is 63.8 Å². The van der Waals surface area contributed by atoms with Gasteiger partial charge in [0.2, 0.25) is 0 Å².